The molecule has 8 nitrogen and oxygen atoms in total. The van der Waals surface area contributed by atoms with E-state index < -0.39 is 23.3 Å². The van der Waals surface area contributed by atoms with Crippen molar-refractivity contribution >= 4 is 17.7 Å². The number of likely N-dealkylation sites (tertiary alicyclic amines) is 1. The van der Waals surface area contributed by atoms with Gasteiger partial charge in [0.05, 0.1) is 20.3 Å². The normalized spacial score (nSPS) is 26.9. The molecule has 2 aliphatic rings. The molecule has 0 aromatic carbocycles. The third kappa shape index (κ3) is 2.75. The van der Waals surface area contributed by atoms with Crippen molar-refractivity contribution in [3.05, 3.63) is 23.6 Å². The Morgan fingerprint density at radius 1 is 1.45 bits per heavy atom. The fraction of sp³-hybridized carbons (Fsp3) is 0.500. The van der Waals surface area contributed by atoms with E-state index in [1.165, 1.54) is 38.3 Å². The number of hydrogen-bond acceptors (Lipinski definition) is 6. The summed E-state index contributed by atoms with van der Waals surface area (Å²) in [6, 6.07) is 0. The second-order valence-electron chi connectivity index (χ2n) is 5.22. The largest absolute Gasteiger partial charge is 0.499 e. The van der Waals surface area contributed by atoms with Crippen molar-refractivity contribution in [2.24, 2.45) is 0 Å². The number of aliphatic hydroxyl groups is 1. The minimum absolute atomic E-state index is 0.0471. The lowest BCUT2D eigenvalue weighted by Crippen LogP contribution is -2.42. The summed E-state index contributed by atoms with van der Waals surface area (Å²) in [7, 11) is 4.25. The van der Waals surface area contributed by atoms with Crippen LogP contribution in [0.3, 0.4) is 0 Å². The summed E-state index contributed by atoms with van der Waals surface area (Å²) in [4.78, 5) is 38.1. The first kappa shape index (κ1) is 16.2. The van der Waals surface area contributed by atoms with Crippen molar-refractivity contribution in [1.82, 2.24) is 9.80 Å². The smallest absolute Gasteiger partial charge is 0.261 e. The fourth-order valence-electron chi connectivity index (χ4n) is 2.46. The van der Waals surface area contributed by atoms with Crippen LogP contribution in [-0.4, -0.2) is 72.6 Å². The number of nitrogens with zero attached hydrogens (tertiary/aromatic N) is 2. The van der Waals surface area contributed by atoms with Gasteiger partial charge in [0.1, 0.15) is 5.76 Å². The van der Waals surface area contributed by atoms with Gasteiger partial charge in [-0.1, -0.05) is 0 Å². The first-order valence-electron chi connectivity index (χ1n) is 6.62. The molecule has 3 amide bonds. The number of carbonyl (C=O) groups excluding carboxylic acids is 3. The lowest BCUT2D eigenvalue weighted by molar-refractivity contribution is -0.146. The first-order chi connectivity index (χ1) is 10.3. The Bertz CT molecular complexity index is 582. The van der Waals surface area contributed by atoms with Gasteiger partial charge in [-0.2, -0.15) is 0 Å². The molecular formula is C14H18N2O6. The fourth-order valence-corrected chi connectivity index (χ4v) is 2.46. The Balaban J connectivity index is 2.15. The highest BCUT2D eigenvalue weighted by Gasteiger charge is 2.47. The molecule has 120 valence electrons. The van der Waals surface area contributed by atoms with E-state index in [0.717, 1.165) is 4.90 Å². The van der Waals surface area contributed by atoms with E-state index >= 15 is 0 Å². The molecule has 2 aliphatic heterocycles. The van der Waals surface area contributed by atoms with Gasteiger partial charge in [-0.3, -0.25) is 19.3 Å². The van der Waals surface area contributed by atoms with Gasteiger partial charge in [0, 0.05) is 38.4 Å². The van der Waals surface area contributed by atoms with Gasteiger partial charge < -0.3 is 19.5 Å². The standard InChI is InChI=1S/C14H18N2O6/c1-15-9(6-14(20,8-21-2)13(15)19)4-11(17)16-7-10(22-3)5-12(16)18/h4-5,20H,6-8H2,1-3H3. The summed E-state index contributed by atoms with van der Waals surface area (Å²) in [5.41, 5.74) is -1.35. The van der Waals surface area contributed by atoms with Crippen LogP contribution >= 0.6 is 0 Å². The molecule has 22 heavy (non-hydrogen) atoms. The summed E-state index contributed by atoms with van der Waals surface area (Å²) in [5, 5.41) is 10.2. The Hall–Kier alpha value is -2.19. The van der Waals surface area contributed by atoms with Crippen molar-refractivity contribution in [2.45, 2.75) is 12.0 Å². The lowest BCUT2D eigenvalue weighted by Gasteiger charge is -2.18. The van der Waals surface area contributed by atoms with Gasteiger partial charge in [0.25, 0.3) is 17.7 Å². The Kier molecular flexibility index (Phi) is 4.34. The van der Waals surface area contributed by atoms with E-state index in [2.05, 4.69) is 0 Å². The molecule has 1 fully saturated rings. The Labute approximate surface area is 127 Å². The summed E-state index contributed by atoms with van der Waals surface area (Å²) < 4.78 is 9.79. The molecular weight excluding hydrogens is 292 g/mol. The van der Waals surface area contributed by atoms with Gasteiger partial charge in [-0.25, -0.2) is 0 Å². The van der Waals surface area contributed by atoms with Crippen LogP contribution in [0.5, 0.6) is 0 Å². The van der Waals surface area contributed by atoms with Gasteiger partial charge in [0.2, 0.25) is 0 Å². The summed E-state index contributed by atoms with van der Waals surface area (Å²) in [6.45, 7) is -0.113. The molecule has 1 N–H and O–H groups in total. The molecule has 0 aromatic rings. The summed E-state index contributed by atoms with van der Waals surface area (Å²) in [6.07, 6.45) is 2.37. The van der Waals surface area contributed by atoms with E-state index in [0.29, 0.717) is 11.5 Å². The van der Waals surface area contributed by atoms with Crippen LogP contribution in [0.1, 0.15) is 6.42 Å². The molecule has 2 rings (SSSR count). The van der Waals surface area contributed by atoms with E-state index in [4.69, 9.17) is 9.47 Å². The molecule has 0 saturated carbocycles. The van der Waals surface area contributed by atoms with Gasteiger partial charge in [0.15, 0.2) is 5.60 Å². The number of imide groups is 1. The van der Waals surface area contributed by atoms with Gasteiger partial charge >= 0.3 is 0 Å². The number of carbonyl (C=O) groups is 3. The van der Waals surface area contributed by atoms with Crippen LogP contribution in [0.4, 0.5) is 0 Å². The zero-order valence-electron chi connectivity index (χ0n) is 12.7. The van der Waals surface area contributed by atoms with Crippen LogP contribution in [-0.2, 0) is 23.9 Å². The molecule has 1 unspecified atom stereocenters. The maximum Gasteiger partial charge on any atom is 0.261 e. The van der Waals surface area contributed by atoms with Crippen molar-refractivity contribution in [1.29, 1.82) is 0 Å². The minimum atomic E-state index is -1.68. The average molecular weight is 310 g/mol. The topological polar surface area (TPSA) is 96.4 Å². The van der Waals surface area contributed by atoms with E-state index in [1.807, 2.05) is 0 Å². The SMILES string of the molecule is COCC1(O)CC(=CC(=O)N2CC(OC)=CC2=O)N(C)C1=O. The molecule has 0 spiro atoms. The maximum atomic E-state index is 12.2. The second-order valence-corrected chi connectivity index (χ2v) is 5.22. The van der Waals surface area contributed by atoms with Crippen LogP contribution < -0.4 is 0 Å². The number of hydrogen-bond donors (Lipinski definition) is 1. The van der Waals surface area contributed by atoms with Gasteiger partial charge in [-0.05, 0) is 0 Å². The number of amides is 3. The second kappa shape index (κ2) is 5.90. The van der Waals surface area contributed by atoms with Crippen LogP contribution in [0, 0.1) is 0 Å². The van der Waals surface area contributed by atoms with E-state index in [1.54, 1.807) is 0 Å². The zero-order valence-corrected chi connectivity index (χ0v) is 12.7. The van der Waals surface area contributed by atoms with Crippen LogP contribution in [0.15, 0.2) is 23.6 Å². The first-order valence-corrected chi connectivity index (χ1v) is 6.62. The minimum Gasteiger partial charge on any atom is -0.499 e. The lowest BCUT2D eigenvalue weighted by atomic mass is 10.0. The molecule has 2 heterocycles. The predicted octanol–water partition coefficient (Wildman–Crippen LogP) is -0.991. The van der Waals surface area contributed by atoms with Crippen molar-refractivity contribution in [3.8, 4) is 0 Å². The Morgan fingerprint density at radius 3 is 2.68 bits per heavy atom. The number of rotatable bonds is 4. The summed E-state index contributed by atoms with van der Waals surface area (Å²) >= 11 is 0. The van der Waals surface area contributed by atoms with Crippen LogP contribution in [0.25, 0.3) is 0 Å². The third-order valence-electron chi connectivity index (χ3n) is 3.67. The Morgan fingerprint density at radius 2 is 2.14 bits per heavy atom. The van der Waals surface area contributed by atoms with E-state index in [9.17, 15) is 19.5 Å². The molecule has 0 bridgehead atoms. The van der Waals surface area contributed by atoms with E-state index in [-0.39, 0.29) is 19.6 Å². The van der Waals surface area contributed by atoms with Gasteiger partial charge in [-0.15, -0.1) is 0 Å². The highest BCUT2D eigenvalue weighted by molar-refractivity contribution is 6.07. The molecule has 0 radical (unpaired) electrons. The monoisotopic (exact) mass is 310 g/mol. The number of methoxy groups -OCH3 is 2. The van der Waals surface area contributed by atoms with Crippen LogP contribution in [0.2, 0.25) is 0 Å². The quantitative estimate of drug-likeness (QED) is 0.670. The van der Waals surface area contributed by atoms with Crippen molar-refractivity contribution in [3.63, 3.8) is 0 Å². The highest BCUT2D eigenvalue weighted by Crippen LogP contribution is 2.30. The summed E-state index contributed by atoms with van der Waals surface area (Å²) in [5.74, 6) is -1.19. The third-order valence-corrected chi connectivity index (χ3v) is 3.67. The molecule has 0 aromatic heterocycles. The molecule has 0 aliphatic carbocycles. The average Bonchev–Trinajstić information content (AvgIpc) is 2.94. The highest BCUT2D eigenvalue weighted by atomic mass is 16.5. The number of likely N-dealkylation sites (N-methyl/N-ethyl adjacent to an activating group) is 1. The molecule has 1 atom stereocenters. The maximum absolute atomic E-state index is 12.2. The number of ether oxygens (including phenoxy) is 2. The zero-order chi connectivity index (χ0) is 16.5. The predicted molar refractivity (Wildman–Crippen MR) is 74.1 cm³/mol. The molecule has 8 heteroatoms. The van der Waals surface area contributed by atoms with Crippen molar-refractivity contribution in [2.75, 3.05) is 34.4 Å². The van der Waals surface area contributed by atoms with Crippen molar-refractivity contribution < 1.29 is 29.0 Å². The molecule has 1 saturated heterocycles.